The van der Waals surface area contributed by atoms with Crippen molar-refractivity contribution in [2.24, 2.45) is 5.92 Å². The number of rotatable bonds is 7. The van der Waals surface area contributed by atoms with E-state index in [0.717, 1.165) is 23.1 Å². The minimum Gasteiger partial charge on any atom is -0.388 e. The van der Waals surface area contributed by atoms with E-state index >= 15 is 0 Å². The lowest BCUT2D eigenvalue weighted by Gasteiger charge is -2.22. The van der Waals surface area contributed by atoms with E-state index < -0.39 is 6.10 Å². The molecule has 1 aromatic rings. The summed E-state index contributed by atoms with van der Waals surface area (Å²) in [5, 5.41) is 10.8. The van der Waals surface area contributed by atoms with Gasteiger partial charge in [0.05, 0.1) is 6.10 Å². The molecule has 0 aliphatic carbocycles. The van der Waals surface area contributed by atoms with E-state index in [1.54, 1.807) is 0 Å². The maximum absolute atomic E-state index is 10.2. The van der Waals surface area contributed by atoms with Crippen molar-refractivity contribution in [3.8, 4) is 0 Å². The predicted octanol–water partition coefficient (Wildman–Crippen LogP) is 4.50. The second-order valence-electron chi connectivity index (χ2n) is 5.25. The average molecular weight is 349 g/mol. The van der Waals surface area contributed by atoms with Crippen molar-refractivity contribution >= 4 is 27.5 Å². The number of benzene rings is 1. The molecule has 0 aromatic heterocycles. The fourth-order valence-corrected chi connectivity index (χ4v) is 2.82. The highest BCUT2D eigenvalue weighted by Crippen LogP contribution is 2.28. The molecule has 0 aliphatic rings. The van der Waals surface area contributed by atoms with Crippen LogP contribution in [0.1, 0.15) is 38.4 Å². The summed E-state index contributed by atoms with van der Waals surface area (Å²) in [4.78, 5) is 2.27. The van der Waals surface area contributed by atoms with Crippen LogP contribution >= 0.6 is 27.5 Å². The first kappa shape index (κ1) is 17.0. The molecular formula is C15H23BrClNO. The summed E-state index contributed by atoms with van der Waals surface area (Å²) in [6, 6.07) is 5.61. The molecule has 4 heteroatoms. The van der Waals surface area contributed by atoms with Crippen LogP contribution in [0.25, 0.3) is 0 Å². The van der Waals surface area contributed by atoms with Gasteiger partial charge in [0.1, 0.15) is 0 Å². The Labute approximate surface area is 129 Å². The fraction of sp³-hybridized carbons (Fsp3) is 0.600. The molecule has 0 fully saturated rings. The van der Waals surface area contributed by atoms with Gasteiger partial charge in [-0.1, -0.05) is 53.9 Å². The summed E-state index contributed by atoms with van der Waals surface area (Å²) in [6.45, 7) is 6.39. The van der Waals surface area contributed by atoms with Gasteiger partial charge in [0.25, 0.3) is 0 Å². The molecule has 1 N–H and O–H groups in total. The van der Waals surface area contributed by atoms with E-state index in [1.807, 2.05) is 18.2 Å². The number of nitrogens with zero attached hydrogens (tertiary/aromatic N) is 1. The highest BCUT2D eigenvalue weighted by atomic mass is 79.9. The number of hydrogen-bond donors (Lipinski definition) is 1. The fourth-order valence-electron chi connectivity index (χ4n) is 2.02. The summed E-state index contributed by atoms with van der Waals surface area (Å²) in [5.41, 5.74) is 0.807. The Morgan fingerprint density at radius 3 is 2.68 bits per heavy atom. The average Bonchev–Trinajstić information content (AvgIpc) is 2.35. The molecule has 1 rings (SSSR count). The van der Waals surface area contributed by atoms with Gasteiger partial charge >= 0.3 is 0 Å². The Hall–Kier alpha value is -0.0900. The Morgan fingerprint density at radius 1 is 1.42 bits per heavy atom. The summed E-state index contributed by atoms with van der Waals surface area (Å²) in [5.74, 6) is 0.693. The number of aliphatic hydroxyl groups is 1. The van der Waals surface area contributed by atoms with Crippen molar-refractivity contribution in [3.63, 3.8) is 0 Å². The molecule has 108 valence electrons. The molecular weight excluding hydrogens is 326 g/mol. The van der Waals surface area contributed by atoms with E-state index in [0.29, 0.717) is 17.4 Å². The molecule has 0 amide bonds. The van der Waals surface area contributed by atoms with E-state index in [-0.39, 0.29) is 0 Å². The molecule has 19 heavy (non-hydrogen) atoms. The van der Waals surface area contributed by atoms with Gasteiger partial charge in [-0.2, -0.15) is 0 Å². The van der Waals surface area contributed by atoms with Gasteiger partial charge in [-0.3, -0.25) is 0 Å². The topological polar surface area (TPSA) is 23.5 Å². The zero-order valence-electron chi connectivity index (χ0n) is 11.9. The Morgan fingerprint density at radius 2 is 2.11 bits per heavy atom. The Kier molecular flexibility index (Phi) is 7.37. The maximum atomic E-state index is 10.2. The molecule has 0 saturated heterocycles. The van der Waals surface area contributed by atoms with Gasteiger partial charge in [-0.05, 0) is 37.1 Å². The van der Waals surface area contributed by atoms with Crippen molar-refractivity contribution < 1.29 is 5.11 Å². The van der Waals surface area contributed by atoms with Crippen LogP contribution in [-0.2, 0) is 0 Å². The number of halogens is 2. The molecule has 0 spiro atoms. The van der Waals surface area contributed by atoms with E-state index in [4.69, 9.17) is 11.6 Å². The number of hydrogen-bond acceptors (Lipinski definition) is 2. The molecule has 0 saturated carbocycles. The third-order valence-electron chi connectivity index (χ3n) is 3.43. The van der Waals surface area contributed by atoms with Gasteiger partial charge in [-0.25, -0.2) is 0 Å². The molecule has 0 aliphatic heterocycles. The first-order valence-corrected chi connectivity index (χ1v) is 7.92. The minimum absolute atomic E-state index is 0.500. The quantitative estimate of drug-likeness (QED) is 0.784. The zero-order valence-corrected chi connectivity index (χ0v) is 14.2. The number of aliphatic hydroxyl groups excluding tert-OH is 1. The Bertz CT molecular complexity index is 400. The largest absolute Gasteiger partial charge is 0.388 e. The minimum atomic E-state index is -0.500. The Balaban J connectivity index is 2.48. The monoisotopic (exact) mass is 347 g/mol. The van der Waals surface area contributed by atoms with Gasteiger partial charge < -0.3 is 10.0 Å². The lowest BCUT2D eigenvalue weighted by Crippen LogP contribution is -2.26. The van der Waals surface area contributed by atoms with Gasteiger partial charge in [0.15, 0.2) is 0 Å². The summed E-state index contributed by atoms with van der Waals surface area (Å²) in [6.07, 6.45) is 1.39. The molecule has 1 aromatic carbocycles. The first-order chi connectivity index (χ1) is 8.93. The third kappa shape index (κ3) is 5.82. The zero-order chi connectivity index (χ0) is 14.4. The lowest BCUT2D eigenvalue weighted by molar-refractivity contribution is 0.145. The van der Waals surface area contributed by atoms with E-state index in [1.165, 1.54) is 6.42 Å². The second-order valence-corrected chi connectivity index (χ2v) is 6.57. The van der Waals surface area contributed by atoms with Crippen molar-refractivity contribution in [1.82, 2.24) is 4.90 Å². The standard InChI is InChI=1S/C15H23BrClNO/c1-4-11(2)10-18(3)8-7-15(19)13-6-5-12(16)9-14(13)17/h5-6,9,11,15,19H,4,7-8,10H2,1-3H3. The van der Waals surface area contributed by atoms with Gasteiger partial charge in [0, 0.05) is 22.6 Å². The van der Waals surface area contributed by atoms with Crippen LogP contribution in [-0.4, -0.2) is 30.1 Å². The molecule has 0 bridgehead atoms. The van der Waals surface area contributed by atoms with Crippen LogP contribution in [0.4, 0.5) is 0 Å². The SMILES string of the molecule is CCC(C)CN(C)CCC(O)c1ccc(Br)cc1Cl. The van der Waals surface area contributed by atoms with Gasteiger partial charge in [-0.15, -0.1) is 0 Å². The van der Waals surface area contributed by atoms with Crippen LogP contribution < -0.4 is 0 Å². The molecule has 2 nitrogen and oxygen atoms in total. The maximum Gasteiger partial charge on any atom is 0.0816 e. The van der Waals surface area contributed by atoms with E-state index in [9.17, 15) is 5.11 Å². The normalized spacial score (nSPS) is 14.7. The molecule has 2 unspecified atom stereocenters. The van der Waals surface area contributed by atoms with Crippen molar-refractivity contribution in [1.29, 1.82) is 0 Å². The van der Waals surface area contributed by atoms with Crippen molar-refractivity contribution in [2.75, 3.05) is 20.1 Å². The van der Waals surface area contributed by atoms with E-state index in [2.05, 4.69) is 41.7 Å². The van der Waals surface area contributed by atoms with Crippen LogP contribution in [0.15, 0.2) is 22.7 Å². The first-order valence-electron chi connectivity index (χ1n) is 6.75. The van der Waals surface area contributed by atoms with Crippen LogP contribution in [0, 0.1) is 5.92 Å². The predicted molar refractivity (Wildman–Crippen MR) is 85.7 cm³/mol. The van der Waals surface area contributed by atoms with Crippen LogP contribution in [0.2, 0.25) is 5.02 Å². The highest BCUT2D eigenvalue weighted by molar-refractivity contribution is 9.10. The van der Waals surface area contributed by atoms with Crippen LogP contribution in [0.5, 0.6) is 0 Å². The summed E-state index contributed by atoms with van der Waals surface area (Å²) < 4.78 is 0.933. The summed E-state index contributed by atoms with van der Waals surface area (Å²) in [7, 11) is 2.10. The van der Waals surface area contributed by atoms with Crippen molar-refractivity contribution in [2.45, 2.75) is 32.8 Å². The highest BCUT2D eigenvalue weighted by Gasteiger charge is 2.13. The van der Waals surface area contributed by atoms with Crippen molar-refractivity contribution in [3.05, 3.63) is 33.3 Å². The molecule has 0 heterocycles. The summed E-state index contributed by atoms with van der Waals surface area (Å²) >= 11 is 9.51. The molecule has 0 radical (unpaired) electrons. The van der Waals surface area contributed by atoms with Crippen LogP contribution in [0.3, 0.4) is 0 Å². The second kappa shape index (κ2) is 8.25. The molecule has 2 atom stereocenters. The third-order valence-corrected chi connectivity index (χ3v) is 4.25. The smallest absolute Gasteiger partial charge is 0.0816 e. The van der Waals surface area contributed by atoms with Gasteiger partial charge in [0.2, 0.25) is 0 Å². The lowest BCUT2D eigenvalue weighted by atomic mass is 10.1.